The van der Waals surface area contributed by atoms with Gasteiger partial charge in [-0.1, -0.05) is 30.7 Å². The second-order valence-corrected chi connectivity index (χ2v) is 9.08. The topological polar surface area (TPSA) is 53.5 Å². The Bertz CT molecular complexity index is 890. The molecular formula is C25H31N3O2. The van der Waals surface area contributed by atoms with Gasteiger partial charge in [0.05, 0.1) is 5.41 Å². The largest absolute Gasteiger partial charge is 0.348 e. The lowest BCUT2D eigenvalue weighted by atomic mass is 9.73. The zero-order chi connectivity index (χ0) is 21.1. The quantitative estimate of drug-likeness (QED) is 0.761. The molecule has 30 heavy (non-hydrogen) atoms. The van der Waals surface area contributed by atoms with E-state index in [0.29, 0.717) is 13.0 Å². The molecule has 0 spiro atoms. The highest BCUT2D eigenvalue weighted by molar-refractivity contribution is 5.85. The van der Waals surface area contributed by atoms with Gasteiger partial charge in [0.1, 0.15) is 0 Å². The van der Waals surface area contributed by atoms with E-state index in [0.717, 1.165) is 55.3 Å². The van der Waals surface area contributed by atoms with Crippen molar-refractivity contribution in [1.29, 1.82) is 0 Å². The standard InChI is InChI=1S/C25H31N3O2/c1-27(2)24(30)25(13-4-16-28(18-25)23(29)22-5-3-6-22)17-19-7-9-20(10-8-19)21-11-14-26-15-12-21/h7-12,14-15,22H,3-6,13,16-18H2,1-2H3/t25-/m1/s1. The number of likely N-dealkylation sites (tertiary alicyclic amines) is 1. The molecule has 1 aliphatic heterocycles. The Labute approximate surface area is 179 Å². The maximum Gasteiger partial charge on any atom is 0.230 e. The average molecular weight is 406 g/mol. The predicted octanol–water partition coefficient (Wildman–Crippen LogP) is 3.79. The fourth-order valence-corrected chi connectivity index (χ4v) is 4.85. The molecule has 2 fully saturated rings. The summed E-state index contributed by atoms with van der Waals surface area (Å²) in [4.78, 5) is 34.0. The molecule has 5 nitrogen and oxygen atoms in total. The van der Waals surface area contributed by atoms with Crippen LogP contribution in [-0.2, 0) is 16.0 Å². The van der Waals surface area contributed by atoms with Crippen LogP contribution in [0.2, 0.25) is 0 Å². The summed E-state index contributed by atoms with van der Waals surface area (Å²) in [6.45, 7) is 1.31. The van der Waals surface area contributed by atoms with E-state index in [1.54, 1.807) is 17.3 Å². The molecule has 2 aromatic rings. The van der Waals surface area contributed by atoms with Crippen molar-refractivity contribution < 1.29 is 9.59 Å². The molecular weight excluding hydrogens is 374 g/mol. The van der Waals surface area contributed by atoms with Gasteiger partial charge < -0.3 is 9.80 Å². The Balaban J connectivity index is 1.56. The Morgan fingerprint density at radius 2 is 1.70 bits per heavy atom. The van der Waals surface area contributed by atoms with Gasteiger partial charge >= 0.3 is 0 Å². The van der Waals surface area contributed by atoms with E-state index in [4.69, 9.17) is 0 Å². The molecule has 158 valence electrons. The Hall–Kier alpha value is -2.69. The van der Waals surface area contributed by atoms with Crippen LogP contribution in [0.1, 0.15) is 37.7 Å². The summed E-state index contributed by atoms with van der Waals surface area (Å²) in [5.74, 6) is 0.562. The van der Waals surface area contributed by atoms with Crippen LogP contribution in [-0.4, -0.2) is 53.8 Å². The van der Waals surface area contributed by atoms with Gasteiger partial charge in [-0.05, 0) is 60.9 Å². The SMILES string of the molecule is CN(C)C(=O)[C@@]1(Cc2ccc(-c3ccncc3)cc2)CCCN(C(=O)C2CCC2)C1. The van der Waals surface area contributed by atoms with Crippen LogP contribution in [0.3, 0.4) is 0 Å². The first kappa shape index (κ1) is 20.6. The summed E-state index contributed by atoms with van der Waals surface area (Å²) < 4.78 is 0. The number of hydrogen-bond donors (Lipinski definition) is 0. The second kappa shape index (κ2) is 8.58. The van der Waals surface area contributed by atoms with Gasteiger partial charge in [0.25, 0.3) is 0 Å². The summed E-state index contributed by atoms with van der Waals surface area (Å²) >= 11 is 0. The molecule has 0 bridgehead atoms. The molecule has 0 N–H and O–H groups in total. The fourth-order valence-electron chi connectivity index (χ4n) is 4.85. The third kappa shape index (κ3) is 4.11. The zero-order valence-corrected chi connectivity index (χ0v) is 18.0. The highest BCUT2D eigenvalue weighted by atomic mass is 16.2. The number of piperidine rings is 1. The van der Waals surface area contributed by atoms with Crippen molar-refractivity contribution in [3.63, 3.8) is 0 Å². The molecule has 2 heterocycles. The van der Waals surface area contributed by atoms with E-state index in [2.05, 4.69) is 29.2 Å². The average Bonchev–Trinajstić information content (AvgIpc) is 2.73. The molecule has 2 amide bonds. The second-order valence-electron chi connectivity index (χ2n) is 9.08. The number of aromatic nitrogens is 1. The van der Waals surface area contributed by atoms with Crippen molar-refractivity contribution in [3.05, 3.63) is 54.4 Å². The van der Waals surface area contributed by atoms with E-state index in [-0.39, 0.29) is 17.7 Å². The van der Waals surface area contributed by atoms with Gasteiger partial charge in [-0.25, -0.2) is 0 Å². The summed E-state index contributed by atoms with van der Waals surface area (Å²) in [6, 6.07) is 12.5. The van der Waals surface area contributed by atoms with Crippen LogP contribution in [0.5, 0.6) is 0 Å². The minimum atomic E-state index is -0.542. The molecule has 5 heteroatoms. The number of amides is 2. The molecule has 1 saturated carbocycles. The lowest BCUT2D eigenvalue weighted by Gasteiger charge is -2.44. The Morgan fingerprint density at radius 3 is 2.30 bits per heavy atom. The minimum Gasteiger partial charge on any atom is -0.348 e. The van der Waals surface area contributed by atoms with Gasteiger partial charge in [0.15, 0.2) is 0 Å². The van der Waals surface area contributed by atoms with Crippen molar-refractivity contribution in [2.24, 2.45) is 11.3 Å². The summed E-state index contributed by atoms with van der Waals surface area (Å²) in [5, 5.41) is 0. The number of benzene rings is 1. The highest BCUT2D eigenvalue weighted by Crippen LogP contribution is 2.38. The van der Waals surface area contributed by atoms with Gasteiger partial charge in [0.2, 0.25) is 11.8 Å². The molecule has 0 radical (unpaired) electrons. The van der Waals surface area contributed by atoms with E-state index in [1.807, 2.05) is 31.1 Å². The predicted molar refractivity (Wildman–Crippen MR) is 118 cm³/mol. The summed E-state index contributed by atoms with van der Waals surface area (Å²) in [6.07, 6.45) is 9.11. The van der Waals surface area contributed by atoms with Crippen LogP contribution in [0.15, 0.2) is 48.8 Å². The van der Waals surface area contributed by atoms with Gasteiger partial charge in [-0.3, -0.25) is 14.6 Å². The minimum absolute atomic E-state index is 0.131. The Morgan fingerprint density at radius 1 is 1.03 bits per heavy atom. The van der Waals surface area contributed by atoms with E-state index >= 15 is 0 Å². The first-order valence-corrected chi connectivity index (χ1v) is 11.0. The third-order valence-corrected chi connectivity index (χ3v) is 6.71. The smallest absolute Gasteiger partial charge is 0.230 e. The maximum atomic E-state index is 13.3. The number of pyridine rings is 1. The van der Waals surface area contributed by atoms with Crippen LogP contribution in [0.4, 0.5) is 0 Å². The molecule has 1 atom stereocenters. The molecule has 0 unspecified atom stereocenters. The third-order valence-electron chi connectivity index (χ3n) is 6.71. The first-order chi connectivity index (χ1) is 14.5. The molecule has 4 rings (SSSR count). The lowest BCUT2D eigenvalue weighted by molar-refractivity contribution is -0.150. The maximum absolute atomic E-state index is 13.3. The summed E-state index contributed by atoms with van der Waals surface area (Å²) in [7, 11) is 3.65. The molecule has 1 saturated heterocycles. The van der Waals surface area contributed by atoms with E-state index in [1.165, 1.54) is 0 Å². The van der Waals surface area contributed by atoms with Crippen molar-refractivity contribution >= 4 is 11.8 Å². The first-order valence-electron chi connectivity index (χ1n) is 11.0. The van der Waals surface area contributed by atoms with Crippen molar-refractivity contribution in [2.75, 3.05) is 27.2 Å². The number of carbonyl (C=O) groups is 2. The van der Waals surface area contributed by atoms with Gasteiger partial charge in [0, 0.05) is 45.5 Å². The van der Waals surface area contributed by atoms with E-state index in [9.17, 15) is 9.59 Å². The Kier molecular flexibility index (Phi) is 5.89. The number of rotatable bonds is 5. The van der Waals surface area contributed by atoms with Crippen LogP contribution in [0, 0.1) is 11.3 Å². The van der Waals surface area contributed by atoms with Crippen molar-refractivity contribution in [1.82, 2.24) is 14.8 Å². The van der Waals surface area contributed by atoms with Crippen molar-refractivity contribution in [3.8, 4) is 11.1 Å². The van der Waals surface area contributed by atoms with E-state index < -0.39 is 5.41 Å². The molecule has 1 aromatic carbocycles. The monoisotopic (exact) mass is 405 g/mol. The summed E-state index contributed by atoms with van der Waals surface area (Å²) in [5.41, 5.74) is 2.87. The zero-order valence-electron chi connectivity index (χ0n) is 18.0. The molecule has 1 aromatic heterocycles. The van der Waals surface area contributed by atoms with Gasteiger partial charge in [-0.15, -0.1) is 0 Å². The molecule has 2 aliphatic rings. The number of hydrogen-bond acceptors (Lipinski definition) is 3. The van der Waals surface area contributed by atoms with Crippen LogP contribution < -0.4 is 0 Å². The fraction of sp³-hybridized carbons (Fsp3) is 0.480. The highest BCUT2D eigenvalue weighted by Gasteiger charge is 2.45. The lowest BCUT2D eigenvalue weighted by Crippen LogP contribution is -2.55. The normalized spacial score (nSPS) is 21.7. The van der Waals surface area contributed by atoms with Crippen LogP contribution >= 0.6 is 0 Å². The number of carbonyl (C=O) groups excluding carboxylic acids is 2. The van der Waals surface area contributed by atoms with Gasteiger partial charge in [-0.2, -0.15) is 0 Å². The number of nitrogens with zero attached hydrogens (tertiary/aromatic N) is 3. The van der Waals surface area contributed by atoms with Crippen LogP contribution in [0.25, 0.3) is 11.1 Å². The molecule has 1 aliphatic carbocycles. The van der Waals surface area contributed by atoms with Crippen molar-refractivity contribution in [2.45, 2.75) is 38.5 Å².